The van der Waals surface area contributed by atoms with Crippen LogP contribution in [0.1, 0.15) is 20.7 Å². The van der Waals surface area contributed by atoms with Crippen LogP contribution in [0, 0.1) is 0 Å². The van der Waals surface area contributed by atoms with Crippen molar-refractivity contribution in [3.05, 3.63) is 94.5 Å². The van der Waals surface area contributed by atoms with Crippen molar-refractivity contribution < 1.29 is 9.59 Å². The van der Waals surface area contributed by atoms with E-state index in [9.17, 15) is 9.59 Å². The molecule has 0 saturated heterocycles. The molecular formula is C21H16BrNO2S. The highest BCUT2D eigenvalue weighted by atomic mass is 79.9. The minimum Gasteiger partial charge on any atom is -0.322 e. The van der Waals surface area contributed by atoms with Crippen molar-refractivity contribution in [3.8, 4) is 0 Å². The maximum absolute atomic E-state index is 12.4. The summed E-state index contributed by atoms with van der Waals surface area (Å²) in [7, 11) is 0. The van der Waals surface area contributed by atoms with E-state index in [1.165, 1.54) is 11.8 Å². The van der Waals surface area contributed by atoms with E-state index in [4.69, 9.17) is 0 Å². The van der Waals surface area contributed by atoms with Crippen LogP contribution in [0.4, 0.5) is 5.69 Å². The number of carbonyl (C=O) groups is 2. The normalized spacial score (nSPS) is 10.3. The van der Waals surface area contributed by atoms with Crippen LogP contribution >= 0.6 is 27.7 Å². The highest BCUT2D eigenvalue weighted by Crippen LogP contribution is 2.21. The Bertz CT molecular complexity index is 911. The van der Waals surface area contributed by atoms with Crippen molar-refractivity contribution >= 4 is 45.1 Å². The molecule has 130 valence electrons. The fourth-order valence-corrected chi connectivity index (χ4v) is 3.43. The van der Waals surface area contributed by atoms with Crippen LogP contribution in [0.5, 0.6) is 0 Å². The van der Waals surface area contributed by atoms with Crippen LogP contribution in [0.2, 0.25) is 0 Å². The molecule has 3 rings (SSSR count). The zero-order chi connectivity index (χ0) is 18.4. The molecule has 1 amide bonds. The molecule has 0 fully saturated rings. The number of anilines is 1. The molecule has 0 heterocycles. The average molecular weight is 426 g/mol. The summed E-state index contributed by atoms with van der Waals surface area (Å²) in [5.74, 6) is 0.228. The van der Waals surface area contributed by atoms with E-state index in [2.05, 4.69) is 21.2 Å². The second-order valence-corrected chi connectivity index (χ2v) is 7.53. The molecule has 0 aromatic heterocycles. The van der Waals surface area contributed by atoms with Crippen molar-refractivity contribution in [1.29, 1.82) is 0 Å². The van der Waals surface area contributed by atoms with E-state index in [1.807, 2.05) is 66.7 Å². The second kappa shape index (κ2) is 8.83. The smallest absolute Gasteiger partial charge is 0.255 e. The molecule has 0 atom stereocenters. The van der Waals surface area contributed by atoms with E-state index >= 15 is 0 Å². The average Bonchev–Trinajstić information content (AvgIpc) is 2.69. The van der Waals surface area contributed by atoms with Crippen molar-refractivity contribution in [2.45, 2.75) is 4.90 Å². The highest BCUT2D eigenvalue weighted by Gasteiger charge is 2.09. The highest BCUT2D eigenvalue weighted by molar-refractivity contribution is 9.10. The van der Waals surface area contributed by atoms with Crippen molar-refractivity contribution in [2.24, 2.45) is 0 Å². The molecule has 0 spiro atoms. The standard InChI is InChI=1S/C21H16BrNO2S/c22-17-9-11-18(12-10-17)23-21(25)16-7-4-8-19(13-16)26-14-20(24)15-5-2-1-3-6-15/h1-13H,14H2,(H,23,25). The maximum Gasteiger partial charge on any atom is 0.255 e. The van der Waals surface area contributed by atoms with E-state index in [0.29, 0.717) is 16.9 Å². The van der Waals surface area contributed by atoms with Crippen LogP contribution < -0.4 is 5.32 Å². The minimum atomic E-state index is -0.177. The number of carbonyl (C=O) groups excluding carboxylic acids is 2. The van der Waals surface area contributed by atoms with Crippen LogP contribution in [0.15, 0.2) is 88.2 Å². The van der Waals surface area contributed by atoms with Gasteiger partial charge in [0.2, 0.25) is 0 Å². The monoisotopic (exact) mass is 425 g/mol. The second-order valence-electron chi connectivity index (χ2n) is 5.57. The first-order valence-electron chi connectivity index (χ1n) is 8.00. The van der Waals surface area contributed by atoms with Gasteiger partial charge >= 0.3 is 0 Å². The first kappa shape index (κ1) is 18.4. The Balaban J connectivity index is 1.63. The van der Waals surface area contributed by atoms with E-state index in [-0.39, 0.29) is 11.7 Å². The molecule has 1 N–H and O–H groups in total. The number of hydrogen-bond acceptors (Lipinski definition) is 3. The molecule has 3 nitrogen and oxygen atoms in total. The molecule has 3 aromatic rings. The Morgan fingerprint density at radius 3 is 2.27 bits per heavy atom. The maximum atomic E-state index is 12.4. The van der Waals surface area contributed by atoms with Gasteiger partial charge in [0.1, 0.15) is 0 Å². The topological polar surface area (TPSA) is 46.2 Å². The zero-order valence-electron chi connectivity index (χ0n) is 13.8. The van der Waals surface area contributed by atoms with E-state index < -0.39 is 0 Å². The van der Waals surface area contributed by atoms with Gasteiger partial charge in [-0.1, -0.05) is 52.3 Å². The molecule has 0 aliphatic heterocycles. The zero-order valence-corrected chi connectivity index (χ0v) is 16.2. The lowest BCUT2D eigenvalue weighted by molar-refractivity contribution is 0.101. The predicted molar refractivity (Wildman–Crippen MR) is 110 cm³/mol. The minimum absolute atomic E-state index is 0.0697. The lowest BCUT2D eigenvalue weighted by atomic mass is 10.2. The number of benzene rings is 3. The van der Waals surface area contributed by atoms with Crippen LogP contribution in [0.3, 0.4) is 0 Å². The molecule has 0 bridgehead atoms. The number of thioether (sulfide) groups is 1. The van der Waals surface area contributed by atoms with Gasteiger partial charge in [-0.25, -0.2) is 0 Å². The molecular weight excluding hydrogens is 410 g/mol. The van der Waals surface area contributed by atoms with Gasteiger partial charge in [-0.2, -0.15) is 0 Å². The van der Waals surface area contributed by atoms with Gasteiger partial charge < -0.3 is 5.32 Å². The largest absolute Gasteiger partial charge is 0.322 e. The molecule has 0 saturated carbocycles. The quantitative estimate of drug-likeness (QED) is 0.408. The summed E-state index contributed by atoms with van der Waals surface area (Å²) in [4.78, 5) is 25.5. The summed E-state index contributed by atoms with van der Waals surface area (Å²) in [6.07, 6.45) is 0. The Morgan fingerprint density at radius 1 is 0.846 bits per heavy atom. The van der Waals surface area contributed by atoms with Crippen molar-refractivity contribution in [2.75, 3.05) is 11.1 Å². The first-order chi connectivity index (χ1) is 12.6. The predicted octanol–water partition coefficient (Wildman–Crippen LogP) is 5.68. The van der Waals surface area contributed by atoms with Crippen LogP contribution in [-0.2, 0) is 0 Å². The molecule has 0 unspecified atom stereocenters. The summed E-state index contributed by atoms with van der Waals surface area (Å²) < 4.78 is 0.956. The number of ketones is 1. The van der Waals surface area contributed by atoms with Crippen LogP contribution in [-0.4, -0.2) is 17.4 Å². The first-order valence-corrected chi connectivity index (χ1v) is 9.78. The third-order valence-electron chi connectivity index (χ3n) is 3.66. The summed E-state index contributed by atoms with van der Waals surface area (Å²) in [6.45, 7) is 0. The third kappa shape index (κ3) is 5.07. The molecule has 0 aliphatic rings. The SMILES string of the molecule is O=C(CSc1cccc(C(=O)Nc2ccc(Br)cc2)c1)c1ccccc1. The van der Waals surface area contributed by atoms with E-state index in [1.54, 1.807) is 12.1 Å². The molecule has 0 aliphatic carbocycles. The van der Waals surface area contributed by atoms with Gasteiger partial charge in [0.25, 0.3) is 5.91 Å². The summed E-state index contributed by atoms with van der Waals surface area (Å²) >= 11 is 4.80. The number of Topliss-reactive ketones (excluding diaryl/α,β-unsaturated/α-hetero) is 1. The Labute approximate surface area is 165 Å². The summed E-state index contributed by atoms with van der Waals surface area (Å²) in [5, 5.41) is 2.87. The molecule has 0 radical (unpaired) electrons. The summed E-state index contributed by atoms with van der Waals surface area (Å²) in [6, 6.07) is 23.9. The fourth-order valence-electron chi connectivity index (χ4n) is 2.32. The van der Waals surface area contributed by atoms with Crippen LogP contribution in [0.25, 0.3) is 0 Å². The lowest BCUT2D eigenvalue weighted by Gasteiger charge is -2.07. The van der Waals surface area contributed by atoms with Crippen molar-refractivity contribution in [3.63, 3.8) is 0 Å². The fraction of sp³-hybridized carbons (Fsp3) is 0.0476. The number of hydrogen-bond donors (Lipinski definition) is 1. The van der Waals surface area contributed by atoms with Gasteiger partial charge in [-0.05, 0) is 42.5 Å². The summed E-state index contributed by atoms with van der Waals surface area (Å²) in [5.41, 5.74) is 1.99. The van der Waals surface area contributed by atoms with Gasteiger partial charge in [-0.15, -0.1) is 11.8 Å². The Kier molecular flexibility index (Phi) is 6.26. The third-order valence-corrected chi connectivity index (χ3v) is 5.19. The van der Waals surface area contributed by atoms with E-state index in [0.717, 1.165) is 15.1 Å². The van der Waals surface area contributed by atoms with Gasteiger partial charge in [0, 0.05) is 26.2 Å². The molecule has 5 heteroatoms. The Hall–Kier alpha value is -2.37. The number of rotatable bonds is 6. The van der Waals surface area contributed by atoms with Crippen molar-refractivity contribution in [1.82, 2.24) is 0 Å². The Morgan fingerprint density at radius 2 is 1.54 bits per heavy atom. The van der Waals surface area contributed by atoms with Gasteiger partial charge in [-0.3, -0.25) is 9.59 Å². The number of amides is 1. The number of halogens is 1. The van der Waals surface area contributed by atoms with Gasteiger partial charge in [0.15, 0.2) is 5.78 Å². The lowest BCUT2D eigenvalue weighted by Crippen LogP contribution is -2.11. The molecule has 26 heavy (non-hydrogen) atoms. The number of nitrogens with one attached hydrogen (secondary N) is 1. The molecule has 3 aromatic carbocycles. The van der Waals surface area contributed by atoms with Gasteiger partial charge in [0.05, 0.1) is 5.75 Å².